The van der Waals surface area contributed by atoms with Gasteiger partial charge in [0.25, 0.3) is 0 Å². The number of hydrogen-bond acceptors (Lipinski definition) is 3. The van der Waals surface area contributed by atoms with Gasteiger partial charge in [-0.05, 0) is 0 Å². The Morgan fingerprint density at radius 1 is 0.625 bits per heavy atom. The molecule has 0 heterocycles. The van der Waals surface area contributed by atoms with Crippen LogP contribution < -0.4 is 0 Å². The van der Waals surface area contributed by atoms with E-state index in [-0.39, 0.29) is 0 Å². The summed E-state index contributed by atoms with van der Waals surface area (Å²) in [6.07, 6.45) is 6.85. The molecule has 0 aromatic heterocycles. The number of rotatable bonds is 12. The molecule has 0 saturated heterocycles. The van der Waals surface area contributed by atoms with Crippen molar-refractivity contribution in [2.45, 2.75) is 59.3 Å². The fraction of sp³-hybridized carbons (Fsp3) is 1.00. The third kappa shape index (κ3) is 11.5. The van der Waals surface area contributed by atoms with Gasteiger partial charge in [-0.1, -0.05) is 0 Å². The molecule has 0 aliphatic rings. The van der Waals surface area contributed by atoms with Crippen LogP contribution in [0.25, 0.3) is 0 Å². The summed E-state index contributed by atoms with van der Waals surface area (Å²) in [7, 11) is 0. The molecule has 0 amide bonds. The van der Waals surface area contributed by atoms with Gasteiger partial charge in [0.05, 0.1) is 0 Å². The second-order valence-corrected chi connectivity index (χ2v) is 7.84. The topological polar surface area (TPSA) is 27.7 Å². The second-order valence-electron chi connectivity index (χ2n) is 3.96. The molecule has 16 heavy (non-hydrogen) atoms. The van der Waals surface area contributed by atoms with Crippen LogP contribution in [-0.2, 0) is 35.1 Å². The van der Waals surface area contributed by atoms with Crippen molar-refractivity contribution in [3.63, 3.8) is 0 Å². The first-order valence-electron chi connectivity index (χ1n) is 6.69. The van der Waals surface area contributed by atoms with Crippen LogP contribution in [0.15, 0.2) is 0 Å². The summed E-state index contributed by atoms with van der Waals surface area (Å²) in [6.45, 7) is 8.96. The summed E-state index contributed by atoms with van der Waals surface area (Å²) in [5.74, 6) is 0. The van der Waals surface area contributed by atoms with E-state index in [2.05, 4.69) is 20.8 Å². The number of hydrogen-bond donors (Lipinski definition) is 0. The summed E-state index contributed by atoms with van der Waals surface area (Å²) >= 11 is -2.53. The maximum absolute atomic E-state index is 5.74. The van der Waals surface area contributed by atoms with Gasteiger partial charge in [0.15, 0.2) is 0 Å². The first kappa shape index (κ1) is 17.0. The SMILES string of the molecule is CCCC[O][Y]([O]CCCC)[O]CCCC. The molecule has 0 aliphatic carbocycles. The van der Waals surface area contributed by atoms with E-state index in [0.717, 1.165) is 39.1 Å². The summed E-state index contributed by atoms with van der Waals surface area (Å²) in [5.41, 5.74) is 0. The molecule has 0 radical (unpaired) electrons. The minimum atomic E-state index is -2.53. The van der Waals surface area contributed by atoms with Crippen molar-refractivity contribution < 1.29 is 35.1 Å². The molecule has 4 heteroatoms. The quantitative estimate of drug-likeness (QED) is 0.513. The molecule has 0 aliphatic heterocycles. The molecule has 0 N–H and O–H groups in total. The Balaban J connectivity index is 3.58. The molecule has 0 unspecified atom stereocenters. The molecule has 0 aromatic rings. The van der Waals surface area contributed by atoms with Gasteiger partial charge in [-0.2, -0.15) is 0 Å². The van der Waals surface area contributed by atoms with Gasteiger partial charge in [-0.3, -0.25) is 0 Å². The van der Waals surface area contributed by atoms with Gasteiger partial charge >= 0.3 is 114 Å². The monoisotopic (exact) mass is 308 g/mol. The normalized spacial score (nSPS) is 10.7. The van der Waals surface area contributed by atoms with E-state index in [1.165, 1.54) is 19.3 Å². The Hall–Kier alpha value is 0.984. The Labute approximate surface area is 114 Å². The van der Waals surface area contributed by atoms with E-state index in [0.29, 0.717) is 0 Å². The van der Waals surface area contributed by atoms with Gasteiger partial charge in [0.1, 0.15) is 0 Å². The van der Waals surface area contributed by atoms with E-state index in [4.69, 9.17) is 6.15 Å². The first-order chi connectivity index (χ1) is 7.85. The van der Waals surface area contributed by atoms with Crippen molar-refractivity contribution in [2.75, 3.05) is 19.8 Å². The maximum atomic E-state index is 5.74. The molecule has 0 atom stereocenters. The first-order valence-corrected chi connectivity index (χ1v) is 10.2. The second kappa shape index (κ2) is 14.0. The Bertz CT molecular complexity index is 110. The molecule has 3 nitrogen and oxygen atoms in total. The average Bonchev–Trinajstić information content (AvgIpc) is 2.29. The molecule has 0 rings (SSSR count). The third-order valence-electron chi connectivity index (χ3n) is 2.26. The van der Waals surface area contributed by atoms with Crippen molar-refractivity contribution in [2.24, 2.45) is 0 Å². The number of unbranched alkanes of at least 4 members (excludes halogenated alkanes) is 3. The molecule has 0 bridgehead atoms. The van der Waals surface area contributed by atoms with Gasteiger partial charge in [0, 0.05) is 0 Å². The summed E-state index contributed by atoms with van der Waals surface area (Å²) in [4.78, 5) is 0. The predicted molar refractivity (Wildman–Crippen MR) is 62.6 cm³/mol. The van der Waals surface area contributed by atoms with E-state index < -0.39 is 29.0 Å². The third-order valence-corrected chi connectivity index (χ3v) is 6.00. The zero-order valence-corrected chi connectivity index (χ0v) is 14.0. The van der Waals surface area contributed by atoms with Crippen LogP contribution >= 0.6 is 0 Å². The van der Waals surface area contributed by atoms with Crippen molar-refractivity contribution in [3.05, 3.63) is 0 Å². The van der Waals surface area contributed by atoms with Crippen LogP contribution in [0, 0.1) is 0 Å². The zero-order chi connectivity index (χ0) is 12.1. The summed E-state index contributed by atoms with van der Waals surface area (Å²) in [6, 6.07) is 0. The molecule has 0 spiro atoms. The average molecular weight is 308 g/mol. The van der Waals surface area contributed by atoms with Gasteiger partial charge in [-0.15, -0.1) is 0 Å². The van der Waals surface area contributed by atoms with Crippen LogP contribution in [0.3, 0.4) is 0 Å². The molecule has 0 aromatic carbocycles. The Morgan fingerprint density at radius 2 is 0.938 bits per heavy atom. The molecule has 96 valence electrons. The van der Waals surface area contributed by atoms with Crippen LogP contribution in [0.5, 0.6) is 0 Å². The van der Waals surface area contributed by atoms with Crippen molar-refractivity contribution >= 4 is 0 Å². The van der Waals surface area contributed by atoms with Crippen molar-refractivity contribution in [1.29, 1.82) is 0 Å². The van der Waals surface area contributed by atoms with E-state index in [9.17, 15) is 0 Å². The standard InChI is InChI=1S/3C4H9O.Y/c3*1-2-3-4-5;/h3*2-4H2,1H3;/q3*-1;+3. The summed E-state index contributed by atoms with van der Waals surface area (Å²) < 4.78 is 17.2. The fourth-order valence-corrected chi connectivity index (χ4v) is 4.47. The van der Waals surface area contributed by atoms with E-state index in [1.807, 2.05) is 0 Å². The molecule has 0 fully saturated rings. The molecular formula is C12H27O3Y. The Kier molecular flexibility index (Phi) is 14.9. The van der Waals surface area contributed by atoms with Gasteiger partial charge in [0.2, 0.25) is 0 Å². The van der Waals surface area contributed by atoms with Gasteiger partial charge in [-0.25, -0.2) is 0 Å². The zero-order valence-electron chi connectivity index (χ0n) is 11.2. The predicted octanol–water partition coefficient (Wildman–Crippen LogP) is 3.80. The van der Waals surface area contributed by atoms with Gasteiger partial charge < -0.3 is 0 Å². The molecular weight excluding hydrogens is 281 g/mol. The van der Waals surface area contributed by atoms with Crippen molar-refractivity contribution in [3.8, 4) is 0 Å². The van der Waals surface area contributed by atoms with Crippen LogP contribution in [-0.4, -0.2) is 19.8 Å². The van der Waals surface area contributed by atoms with Crippen LogP contribution in [0.2, 0.25) is 0 Å². The minimum absolute atomic E-state index is 0.815. The van der Waals surface area contributed by atoms with Crippen LogP contribution in [0.1, 0.15) is 59.3 Å². The van der Waals surface area contributed by atoms with E-state index >= 15 is 0 Å². The van der Waals surface area contributed by atoms with Crippen LogP contribution in [0.4, 0.5) is 0 Å². The summed E-state index contributed by atoms with van der Waals surface area (Å²) in [5, 5.41) is 0. The van der Waals surface area contributed by atoms with Crippen molar-refractivity contribution in [1.82, 2.24) is 0 Å². The fourth-order valence-electron chi connectivity index (χ4n) is 1.12. The molecule has 0 saturated carbocycles. The Morgan fingerprint density at radius 3 is 1.19 bits per heavy atom. The van der Waals surface area contributed by atoms with E-state index in [1.54, 1.807) is 0 Å².